The number of halogens is 5. The first-order valence-corrected chi connectivity index (χ1v) is 11.4. The Morgan fingerprint density at radius 1 is 0.735 bits per heavy atom. The zero-order valence-electron chi connectivity index (χ0n) is 16.8. The van der Waals surface area contributed by atoms with Crippen LogP contribution in [0.3, 0.4) is 0 Å². The Bertz CT molecular complexity index is 1390. The molecule has 3 amide bonds. The van der Waals surface area contributed by atoms with E-state index < -0.39 is 17.7 Å². The first-order valence-electron chi connectivity index (χ1n) is 9.53. The molecule has 11 heteroatoms. The number of anilines is 3. The van der Waals surface area contributed by atoms with Crippen LogP contribution >= 0.6 is 58.0 Å². The van der Waals surface area contributed by atoms with Crippen LogP contribution in [-0.2, 0) is 9.59 Å². The van der Waals surface area contributed by atoms with Gasteiger partial charge in [-0.25, -0.2) is 4.90 Å². The summed E-state index contributed by atoms with van der Waals surface area (Å²) in [5.41, 5.74) is 1.03. The summed E-state index contributed by atoms with van der Waals surface area (Å²) in [4.78, 5) is 39.2. The van der Waals surface area contributed by atoms with Gasteiger partial charge in [0.1, 0.15) is 10.7 Å². The summed E-state index contributed by atoms with van der Waals surface area (Å²) in [6.07, 6.45) is 0. The van der Waals surface area contributed by atoms with Crippen molar-refractivity contribution in [1.82, 2.24) is 0 Å². The highest BCUT2D eigenvalue weighted by Gasteiger charge is 2.40. The number of carbonyl (C=O) groups excluding carboxylic acids is 3. The predicted molar refractivity (Wildman–Crippen MR) is 136 cm³/mol. The van der Waals surface area contributed by atoms with Crippen molar-refractivity contribution in [2.75, 3.05) is 15.5 Å². The van der Waals surface area contributed by atoms with Crippen LogP contribution in [0.25, 0.3) is 0 Å². The van der Waals surface area contributed by atoms with Crippen molar-refractivity contribution in [3.63, 3.8) is 0 Å². The molecule has 3 aromatic carbocycles. The molecule has 0 saturated carbocycles. The summed E-state index contributed by atoms with van der Waals surface area (Å²) in [6.45, 7) is 0. The van der Waals surface area contributed by atoms with Gasteiger partial charge in [-0.1, -0.05) is 70.1 Å². The second kappa shape index (κ2) is 9.86. The molecule has 0 aromatic heterocycles. The number of hydrogen-bond donors (Lipinski definition) is 2. The number of nitrogens with zero attached hydrogens (tertiary/aromatic N) is 1. The topological polar surface area (TPSA) is 78.5 Å². The molecule has 4 rings (SSSR count). The number of amides is 3. The minimum atomic E-state index is -0.788. The number of hydrogen-bond acceptors (Lipinski definition) is 4. The average Bonchev–Trinajstić information content (AvgIpc) is 3.00. The number of carbonyl (C=O) groups is 3. The lowest BCUT2D eigenvalue weighted by molar-refractivity contribution is -0.120. The van der Waals surface area contributed by atoms with Gasteiger partial charge in [0.05, 0.1) is 20.8 Å². The van der Waals surface area contributed by atoms with Gasteiger partial charge < -0.3 is 10.6 Å². The number of nitrogens with one attached hydrogen (secondary N) is 2. The number of imide groups is 1. The molecule has 1 aliphatic rings. The van der Waals surface area contributed by atoms with Crippen molar-refractivity contribution in [3.8, 4) is 0 Å². The lowest BCUT2D eigenvalue weighted by atomic mass is 10.1. The summed E-state index contributed by atoms with van der Waals surface area (Å²) in [5.74, 6) is -1.93. The molecule has 0 aliphatic carbocycles. The zero-order valence-corrected chi connectivity index (χ0v) is 20.6. The maximum atomic E-state index is 13.0. The Kier molecular flexibility index (Phi) is 7.07. The van der Waals surface area contributed by atoms with E-state index in [1.807, 2.05) is 0 Å². The molecule has 34 heavy (non-hydrogen) atoms. The fourth-order valence-electron chi connectivity index (χ4n) is 3.17. The second-order valence-corrected chi connectivity index (χ2v) is 9.06. The SMILES string of the molecule is O=C(Nc1cccc(Cl)c1)c1cccc(NC2=C(Cl)C(=O)N(c3cc(Cl)c(Cl)cc3Cl)C2=O)c1. The van der Waals surface area contributed by atoms with Gasteiger partial charge in [0, 0.05) is 22.0 Å². The first-order chi connectivity index (χ1) is 16.2. The normalized spacial score (nSPS) is 13.5. The molecule has 0 fully saturated rings. The van der Waals surface area contributed by atoms with E-state index in [0.717, 1.165) is 4.90 Å². The maximum Gasteiger partial charge on any atom is 0.283 e. The summed E-state index contributed by atoms with van der Waals surface area (Å²) < 4.78 is 0. The van der Waals surface area contributed by atoms with Crippen LogP contribution in [0.5, 0.6) is 0 Å². The smallest absolute Gasteiger partial charge is 0.283 e. The fraction of sp³-hybridized carbons (Fsp3) is 0. The van der Waals surface area contributed by atoms with Crippen LogP contribution in [0.2, 0.25) is 20.1 Å². The molecular weight excluding hydrogens is 544 g/mol. The molecule has 0 radical (unpaired) electrons. The van der Waals surface area contributed by atoms with E-state index in [1.165, 1.54) is 18.2 Å². The summed E-state index contributed by atoms with van der Waals surface area (Å²) in [6, 6.07) is 15.6. The van der Waals surface area contributed by atoms with Crippen LogP contribution in [0.15, 0.2) is 71.4 Å². The van der Waals surface area contributed by atoms with Crippen LogP contribution in [-0.4, -0.2) is 17.7 Å². The van der Waals surface area contributed by atoms with Gasteiger partial charge in [-0.05, 0) is 48.5 Å². The van der Waals surface area contributed by atoms with Gasteiger partial charge in [-0.15, -0.1) is 0 Å². The van der Waals surface area contributed by atoms with E-state index in [-0.39, 0.29) is 31.5 Å². The van der Waals surface area contributed by atoms with E-state index >= 15 is 0 Å². The van der Waals surface area contributed by atoms with E-state index in [2.05, 4.69) is 10.6 Å². The number of rotatable bonds is 5. The van der Waals surface area contributed by atoms with Crippen LogP contribution in [0.4, 0.5) is 17.1 Å². The minimum absolute atomic E-state index is 0.0377. The third kappa shape index (κ3) is 4.87. The van der Waals surface area contributed by atoms with E-state index in [1.54, 1.807) is 42.5 Å². The molecule has 0 unspecified atom stereocenters. The quantitative estimate of drug-likeness (QED) is 0.263. The third-order valence-electron chi connectivity index (χ3n) is 4.73. The molecule has 0 bridgehead atoms. The lowest BCUT2D eigenvalue weighted by Crippen LogP contribution is -2.32. The van der Waals surface area contributed by atoms with Crippen LogP contribution in [0, 0.1) is 0 Å². The van der Waals surface area contributed by atoms with Crippen molar-refractivity contribution < 1.29 is 14.4 Å². The van der Waals surface area contributed by atoms with E-state index in [4.69, 9.17) is 58.0 Å². The maximum absolute atomic E-state index is 13.0. The molecule has 1 aliphatic heterocycles. The zero-order chi connectivity index (χ0) is 24.6. The highest BCUT2D eigenvalue weighted by Crippen LogP contribution is 2.38. The summed E-state index contributed by atoms with van der Waals surface area (Å²) in [7, 11) is 0. The summed E-state index contributed by atoms with van der Waals surface area (Å²) >= 11 is 30.3. The Labute approximate surface area is 219 Å². The molecule has 0 atom stereocenters. The van der Waals surface area contributed by atoms with Gasteiger partial charge in [-0.3, -0.25) is 14.4 Å². The Morgan fingerprint density at radius 3 is 2.15 bits per heavy atom. The lowest BCUT2D eigenvalue weighted by Gasteiger charge is -2.17. The van der Waals surface area contributed by atoms with Crippen molar-refractivity contribution >= 4 is 92.8 Å². The molecule has 0 saturated heterocycles. The van der Waals surface area contributed by atoms with Crippen molar-refractivity contribution in [3.05, 3.63) is 97.0 Å². The van der Waals surface area contributed by atoms with Crippen molar-refractivity contribution in [2.45, 2.75) is 0 Å². The molecule has 3 aromatic rings. The van der Waals surface area contributed by atoms with Gasteiger partial charge >= 0.3 is 0 Å². The second-order valence-electron chi connectivity index (χ2n) is 7.02. The van der Waals surface area contributed by atoms with Crippen LogP contribution < -0.4 is 15.5 Å². The van der Waals surface area contributed by atoms with Gasteiger partial charge in [0.2, 0.25) is 0 Å². The van der Waals surface area contributed by atoms with Crippen molar-refractivity contribution in [1.29, 1.82) is 0 Å². The van der Waals surface area contributed by atoms with Crippen LogP contribution in [0.1, 0.15) is 10.4 Å². The highest BCUT2D eigenvalue weighted by atomic mass is 35.5. The molecular formula is C23H12Cl5N3O3. The number of benzene rings is 3. The molecule has 2 N–H and O–H groups in total. The molecule has 172 valence electrons. The van der Waals surface area contributed by atoms with Gasteiger partial charge in [0.15, 0.2) is 0 Å². The molecule has 0 spiro atoms. The van der Waals surface area contributed by atoms with E-state index in [9.17, 15) is 14.4 Å². The predicted octanol–water partition coefficient (Wildman–Crippen LogP) is 6.99. The summed E-state index contributed by atoms with van der Waals surface area (Å²) in [5, 5.41) is 6.00. The monoisotopic (exact) mass is 553 g/mol. The third-order valence-corrected chi connectivity index (χ3v) is 6.35. The largest absolute Gasteiger partial charge is 0.350 e. The van der Waals surface area contributed by atoms with Gasteiger partial charge in [-0.2, -0.15) is 0 Å². The Hall–Kier alpha value is -2.74. The molecule has 6 nitrogen and oxygen atoms in total. The minimum Gasteiger partial charge on any atom is -0.350 e. The fourth-order valence-corrected chi connectivity index (χ4v) is 4.19. The standard InChI is InChI=1S/C23H12Cl5N3O3/c24-12-4-2-6-14(8-12)30-21(32)11-3-1-5-13(7-11)29-20-19(28)22(33)31(23(20)34)18-10-16(26)15(25)9-17(18)27/h1-10,29H,(H,30,32). The average molecular weight is 556 g/mol. The van der Waals surface area contributed by atoms with E-state index in [0.29, 0.717) is 22.0 Å². The van der Waals surface area contributed by atoms with Crippen molar-refractivity contribution in [2.24, 2.45) is 0 Å². The van der Waals surface area contributed by atoms with Gasteiger partial charge in [0.25, 0.3) is 17.7 Å². The Balaban J connectivity index is 1.57. The Morgan fingerprint density at radius 2 is 1.41 bits per heavy atom. The highest BCUT2D eigenvalue weighted by molar-refractivity contribution is 6.54. The first kappa shape index (κ1) is 24.4. The molecule has 1 heterocycles.